The summed E-state index contributed by atoms with van der Waals surface area (Å²) in [5.41, 5.74) is 0.743. The molecule has 3 heterocycles. The molecule has 4 amide bonds. The van der Waals surface area contributed by atoms with Gasteiger partial charge < -0.3 is 14.5 Å². The molecule has 0 saturated carbocycles. The Hall–Kier alpha value is -2.94. The molecule has 0 bridgehead atoms. The number of hydrogen-bond donors (Lipinski definition) is 0. The number of fused-ring (bicyclic) bond motifs is 2. The van der Waals surface area contributed by atoms with Gasteiger partial charge in [0.25, 0.3) is 11.8 Å². The minimum Gasteiger partial charge on any atom is -0.450 e. The van der Waals surface area contributed by atoms with Crippen LogP contribution < -0.4 is 4.90 Å². The van der Waals surface area contributed by atoms with E-state index in [4.69, 9.17) is 4.74 Å². The number of piperazine rings is 1. The van der Waals surface area contributed by atoms with Crippen LogP contribution in [0.3, 0.4) is 0 Å². The van der Waals surface area contributed by atoms with E-state index in [-0.39, 0.29) is 30.4 Å². The molecule has 9 nitrogen and oxygen atoms in total. The Morgan fingerprint density at radius 3 is 2.53 bits per heavy atom. The molecule has 1 aromatic carbocycles. The molecule has 0 aromatic heterocycles. The lowest BCUT2D eigenvalue weighted by atomic mass is 10.1. The molecule has 0 aliphatic carbocycles. The first kappa shape index (κ1) is 20.3. The molecule has 0 radical (unpaired) electrons. The van der Waals surface area contributed by atoms with Crippen molar-refractivity contribution in [1.29, 1.82) is 0 Å². The summed E-state index contributed by atoms with van der Waals surface area (Å²) >= 11 is 0. The van der Waals surface area contributed by atoms with Crippen LogP contribution in [-0.2, 0) is 14.3 Å². The Kier molecular flexibility index (Phi) is 5.72. The van der Waals surface area contributed by atoms with Gasteiger partial charge in [0.15, 0.2) is 0 Å². The van der Waals surface area contributed by atoms with Gasteiger partial charge in [-0.25, -0.2) is 9.69 Å². The second-order valence-corrected chi connectivity index (χ2v) is 7.70. The van der Waals surface area contributed by atoms with Crippen LogP contribution >= 0.6 is 0 Å². The first-order valence-electron chi connectivity index (χ1n) is 10.4. The highest BCUT2D eigenvalue weighted by Crippen LogP contribution is 2.32. The maximum Gasteiger partial charge on any atom is 0.409 e. The third-order valence-electron chi connectivity index (χ3n) is 5.90. The van der Waals surface area contributed by atoms with Crippen molar-refractivity contribution in [1.82, 2.24) is 14.7 Å². The Bertz CT molecular complexity index is 865. The van der Waals surface area contributed by atoms with Crippen LogP contribution in [0.2, 0.25) is 0 Å². The van der Waals surface area contributed by atoms with Crippen molar-refractivity contribution in [2.45, 2.75) is 25.8 Å². The molecule has 4 rings (SSSR count). The van der Waals surface area contributed by atoms with Crippen molar-refractivity contribution >= 4 is 29.5 Å². The van der Waals surface area contributed by atoms with Gasteiger partial charge in [-0.15, -0.1) is 0 Å². The molecule has 30 heavy (non-hydrogen) atoms. The van der Waals surface area contributed by atoms with Crippen LogP contribution in [0.5, 0.6) is 0 Å². The number of amides is 4. The first-order valence-corrected chi connectivity index (χ1v) is 10.4. The molecule has 160 valence electrons. The molecule has 0 N–H and O–H groups in total. The predicted octanol–water partition coefficient (Wildman–Crippen LogP) is 0.939. The van der Waals surface area contributed by atoms with Crippen molar-refractivity contribution in [2.75, 3.05) is 50.8 Å². The summed E-state index contributed by atoms with van der Waals surface area (Å²) in [5, 5.41) is 0. The molecule has 3 aliphatic heterocycles. The van der Waals surface area contributed by atoms with E-state index in [2.05, 4.69) is 0 Å². The van der Waals surface area contributed by atoms with E-state index in [0.29, 0.717) is 57.0 Å². The van der Waals surface area contributed by atoms with Crippen LogP contribution in [-0.4, -0.2) is 90.4 Å². The SMILES string of the molecule is CCOC(=O)N1CCN(CC(=O)N2C(=O)[C@H]3CCCN3C(=O)c3ccccc32)CC1. The van der Waals surface area contributed by atoms with Crippen LogP contribution in [0, 0.1) is 0 Å². The number of hydrogen-bond acceptors (Lipinski definition) is 6. The topological polar surface area (TPSA) is 90.5 Å². The number of carbonyl (C=O) groups is 4. The lowest BCUT2D eigenvalue weighted by Crippen LogP contribution is -2.54. The zero-order valence-corrected chi connectivity index (χ0v) is 17.1. The number of benzene rings is 1. The second kappa shape index (κ2) is 8.43. The summed E-state index contributed by atoms with van der Waals surface area (Å²) < 4.78 is 5.02. The highest BCUT2D eigenvalue weighted by atomic mass is 16.6. The number of anilines is 1. The number of nitrogens with zero attached hydrogens (tertiary/aromatic N) is 4. The lowest BCUT2D eigenvalue weighted by Gasteiger charge is -2.34. The molecule has 0 unspecified atom stereocenters. The van der Waals surface area contributed by atoms with Crippen molar-refractivity contribution in [2.24, 2.45) is 0 Å². The van der Waals surface area contributed by atoms with Gasteiger partial charge >= 0.3 is 6.09 Å². The van der Waals surface area contributed by atoms with Gasteiger partial charge in [-0.2, -0.15) is 0 Å². The summed E-state index contributed by atoms with van der Waals surface area (Å²) in [4.78, 5) is 57.6. The molecule has 2 fully saturated rings. The fraction of sp³-hybridized carbons (Fsp3) is 0.524. The van der Waals surface area contributed by atoms with Crippen molar-refractivity contribution in [3.05, 3.63) is 29.8 Å². The summed E-state index contributed by atoms with van der Waals surface area (Å²) in [6.07, 6.45) is 0.975. The van der Waals surface area contributed by atoms with E-state index < -0.39 is 6.04 Å². The minimum atomic E-state index is -0.588. The predicted molar refractivity (Wildman–Crippen MR) is 108 cm³/mol. The highest BCUT2D eigenvalue weighted by molar-refractivity contribution is 6.22. The van der Waals surface area contributed by atoms with E-state index in [1.54, 1.807) is 41.0 Å². The Morgan fingerprint density at radius 2 is 1.80 bits per heavy atom. The second-order valence-electron chi connectivity index (χ2n) is 7.70. The first-order chi connectivity index (χ1) is 14.5. The summed E-state index contributed by atoms with van der Waals surface area (Å²) in [5.74, 6) is -0.876. The molecule has 1 aromatic rings. The third kappa shape index (κ3) is 3.65. The number of carbonyl (C=O) groups excluding carboxylic acids is 4. The smallest absolute Gasteiger partial charge is 0.409 e. The monoisotopic (exact) mass is 414 g/mol. The largest absolute Gasteiger partial charge is 0.450 e. The number of imide groups is 1. The molecule has 3 aliphatic rings. The van der Waals surface area contributed by atoms with Gasteiger partial charge in [0.1, 0.15) is 6.04 Å². The van der Waals surface area contributed by atoms with Crippen LogP contribution in [0.25, 0.3) is 0 Å². The molecular formula is C21H26N4O5. The lowest BCUT2D eigenvalue weighted by molar-refractivity contribution is -0.129. The van der Waals surface area contributed by atoms with Gasteiger partial charge in [-0.05, 0) is 31.9 Å². The van der Waals surface area contributed by atoms with Crippen LogP contribution in [0.15, 0.2) is 24.3 Å². The Morgan fingerprint density at radius 1 is 1.07 bits per heavy atom. The summed E-state index contributed by atoms with van der Waals surface area (Å²) in [6, 6.07) is 6.21. The van der Waals surface area contributed by atoms with E-state index >= 15 is 0 Å². The fourth-order valence-corrected chi connectivity index (χ4v) is 4.36. The maximum absolute atomic E-state index is 13.3. The molecular weight excluding hydrogens is 388 g/mol. The highest BCUT2D eigenvalue weighted by Gasteiger charge is 2.44. The Balaban J connectivity index is 1.50. The van der Waals surface area contributed by atoms with E-state index in [1.807, 2.05) is 4.90 Å². The number of para-hydroxylation sites is 1. The minimum absolute atomic E-state index is 0.0532. The van der Waals surface area contributed by atoms with Crippen molar-refractivity contribution in [3.63, 3.8) is 0 Å². The van der Waals surface area contributed by atoms with Gasteiger partial charge in [0.2, 0.25) is 5.91 Å². The average Bonchev–Trinajstić information content (AvgIpc) is 3.21. The normalized spacial score (nSPS) is 21.9. The Labute approximate surface area is 175 Å². The van der Waals surface area contributed by atoms with Gasteiger partial charge in [-0.3, -0.25) is 19.3 Å². The average molecular weight is 414 g/mol. The molecule has 2 saturated heterocycles. The maximum atomic E-state index is 13.3. The van der Waals surface area contributed by atoms with Gasteiger partial charge in [0.05, 0.1) is 24.4 Å². The zero-order chi connectivity index (χ0) is 21.3. The standard InChI is InChI=1S/C21H26N4O5/c1-2-30-21(29)23-12-10-22(11-13-23)14-18(26)25-16-7-4-3-6-15(16)19(27)24-9-5-8-17(24)20(25)28/h3-4,6-7,17H,2,5,8-14H2,1H3/t17-/m1/s1. The van der Waals surface area contributed by atoms with E-state index in [1.165, 1.54) is 4.90 Å². The van der Waals surface area contributed by atoms with Crippen molar-refractivity contribution in [3.8, 4) is 0 Å². The van der Waals surface area contributed by atoms with E-state index in [0.717, 1.165) is 6.42 Å². The summed E-state index contributed by atoms with van der Waals surface area (Å²) in [6.45, 7) is 4.63. The van der Waals surface area contributed by atoms with Gasteiger partial charge in [0, 0.05) is 32.7 Å². The fourth-order valence-electron chi connectivity index (χ4n) is 4.36. The zero-order valence-electron chi connectivity index (χ0n) is 17.1. The van der Waals surface area contributed by atoms with Gasteiger partial charge in [-0.1, -0.05) is 12.1 Å². The number of rotatable bonds is 3. The summed E-state index contributed by atoms with van der Waals surface area (Å²) in [7, 11) is 0. The van der Waals surface area contributed by atoms with E-state index in [9.17, 15) is 19.2 Å². The molecule has 9 heteroatoms. The third-order valence-corrected chi connectivity index (χ3v) is 5.90. The number of ether oxygens (including phenoxy) is 1. The van der Waals surface area contributed by atoms with Crippen LogP contribution in [0.4, 0.5) is 10.5 Å². The quantitative estimate of drug-likeness (QED) is 0.731. The van der Waals surface area contributed by atoms with Crippen LogP contribution in [0.1, 0.15) is 30.1 Å². The molecule has 0 spiro atoms. The van der Waals surface area contributed by atoms with Crippen molar-refractivity contribution < 1.29 is 23.9 Å². The molecule has 1 atom stereocenters.